The van der Waals surface area contributed by atoms with Gasteiger partial charge in [0, 0.05) is 0 Å². The van der Waals surface area contributed by atoms with Crippen molar-refractivity contribution in [3.05, 3.63) is 30.7 Å². The molecule has 1 aromatic heterocycles. The predicted octanol–water partition coefficient (Wildman–Crippen LogP) is 1.31. The van der Waals surface area contributed by atoms with Gasteiger partial charge in [0.25, 0.3) is 0 Å². The molecule has 0 amide bonds. The van der Waals surface area contributed by atoms with Gasteiger partial charge >= 0.3 is 7.12 Å². The molecule has 2 rings (SSSR count). The quantitative estimate of drug-likeness (QED) is 0.607. The standard InChI is InChI=1S/C9H11BO3/c1-7-9(2,3)13-10(12-7)8-5-4-6-11-8/h4-6H,1H2,2-3H3. The first-order chi connectivity index (χ1) is 6.09. The van der Waals surface area contributed by atoms with E-state index in [-0.39, 0.29) is 0 Å². The van der Waals surface area contributed by atoms with Crippen LogP contribution in [0.5, 0.6) is 0 Å². The lowest BCUT2D eigenvalue weighted by atomic mass is 9.86. The molecule has 1 aromatic rings. The molecular weight excluding hydrogens is 167 g/mol. The monoisotopic (exact) mass is 178 g/mol. The number of hydrogen-bond acceptors (Lipinski definition) is 3. The highest BCUT2D eigenvalue weighted by Gasteiger charge is 2.44. The van der Waals surface area contributed by atoms with Crippen molar-refractivity contribution in [2.75, 3.05) is 0 Å². The summed E-state index contributed by atoms with van der Waals surface area (Å²) in [5, 5.41) is 0. The van der Waals surface area contributed by atoms with E-state index in [9.17, 15) is 0 Å². The second kappa shape index (κ2) is 2.67. The van der Waals surface area contributed by atoms with Crippen molar-refractivity contribution in [3.8, 4) is 0 Å². The first-order valence-electron chi connectivity index (χ1n) is 4.17. The van der Waals surface area contributed by atoms with Gasteiger partial charge in [0.15, 0.2) is 0 Å². The van der Waals surface area contributed by atoms with Crippen LogP contribution in [0.4, 0.5) is 0 Å². The Morgan fingerprint density at radius 2 is 2.23 bits per heavy atom. The fourth-order valence-corrected chi connectivity index (χ4v) is 1.17. The molecule has 0 N–H and O–H groups in total. The molecule has 13 heavy (non-hydrogen) atoms. The molecular formula is C9H11BO3. The van der Waals surface area contributed by atoms with Gasteiger partial charge in [-0.15, -0.1) is 0 Å². The van der Waals surface area contributed by atoms with E-state index in [0.29, 0.717) is 11.4 Å². The third-order valence-electron chi connectivity index (χ3n) is 2.10. The largest absolute Gasteiger partial charge is 0.601 e. The molecule has 0 atom stereocenters. The van der Waals surface area contributed by atoms with Crippen molar-refractivity contribution >= 4 is 12.8 Å². The SMILES string of the molecule is C=C1OB(c2ccco2)OC1(C)C. The van der Waals surface area contributed by atoms with E-state index >= 15 is 0 Å². The molecule has 1 aliphatic heterocycles. The normalized spacial score (nSPS) is 20.5. The van der Waals surface area contributed by atoms with E-state index in [1.165, 1.54) is 0 Å². The van der Waals surface area contributed by atoms with Gasteiger partial charge in [-0.2, -0.15) is 0 Å². The zero-order chi connectivity index (χ0) is 9.47. The minimum absolute atomic E-state index is 0.433. The third-order valence-corrected chi connectivity index (χ3v) is 2.10. The average molecular weight is 178 g/mol. The van der Waals surface area contributed by atoms with Crippen molar-refractivity contribution < 1.29 is 13.7 Å². The summed E-state index contributed by atoms with van der Waals surface area (Å²) in [6.07, 6.45) is 1.59. The summed E-state index contributed by atoms with van der Waals surface area (Å²) in [7, 11) is -0.447. The number of furan rings is 1. The summed E-state index contributed by atoms with van der Waals surface area (Å²) in [6.45, 7) is 7.61. The lowest BCUT2D eigenvalue weighted by Gasteiger charge is -2.15. The van der Waals surface area contributed by atoms with Gasteiger partial charge in [0.1, 0.15) is 11.3 Å². The molecule has 0 aromatic carbocycles. The first-order valence-corrected chi connectivity index (χ1v) is 4.17. The summed E-state index contributed by atoms with van der Waals surface area (Å²) < 4.78 is 16.2. The molecule has 2 heterocycles. The Labute approximate surface area is 77.5 Å². The van der Waals surface area contributed by atoms with Crippen LogP contribution in [0.25, 0.3) is 0 Å². The van der Waals surface area contributed by atoms with Crippen molar-refractivity contribution in [3.63, 3.8) is 0 Å². The van der Waals surface area contributed by atoms with Gasteiger partial charge in [-0.05, 0) is 26.0 Å². The molecule has 0 bridgehead atoms. The Hall–Kier alpha value is -1.16. The van der Waals surface area contributed by atoms with Crippen molar-refractivity contribution in [1.82, 2.24) is 0 Å². The predicted molar refractivity (Wildman–Crippen MR) is 49.5 cm³/mol. The lowest BCUT2D eigenvalue weighted by molar-refractivity contribution is 0.172. The van der Waals surface area contributed by atoms with Gasteiger partial charge < -0.3 is 13.7 Å². The molecule has 0 aliphatic carbocycles. The van der Waals surface area contributed by atoms with E-state index in [1.54, 1.807) is 12.3 Å². The maximum Gasteiger partial charge on any atom is 0.601 e. The van der Waals surface area contributed by atoms with Gasteiger partial charge in [0.2, 0.25) is 0 Å². The van der Waals surface area contributed by atoms with E-state index in [0.717, 1.165) is 0 Å². The Balaban J connectivity index is 2.19. The molecule has 3 nitrogen and oxygen atoms in total. The third kappa shape index (κ3) is 1.37. The van der Waals surface area contributed by atoms with Crippen LogP contribution in [0, 0.1) is 0 Å². The number of hydrogen-bond donors (Lipinski definition) is 0. The van der Waals surface area contributed by atoms with Crippen LogP contribution in [-0.2, 0) is 9.31 Å². The molecule has 4 heteroatoms. The fraction of sp³-hybridized carbons (Fsp3) is 0.333. The van der Waals surface area contributed by atoms with Gasteiger partial charge in [0.05, 0.1) is 12.0 Å². The van der Waals surface area contributed by atoms with Gasteiger partial charge in [-0.3, -0.25) is 0 Å². The Kier molecular flexibility index (Phi) is 1.73. The highest BCUT2D eigenvalue weighted by Crippen LogP contribution is 2.28. The van der Waals surface area contributed by atoms with Crippen LogP contribution in [0.1, 0.15) is 13.8 Å². The highest BCUT2D eigenvalue weighted by atomic mass is 16.7. The Morgan fingerprint density at radius 3 is 2.69 bits per heavy atom. The van der Waals surface area contributed by atoms with Crippen molar-refractivity contribution in [2.24, 2.45) is 0 Å². The molecule has 0 unspecified atom stereocenters. The Morgan fingerprint density at radius 1 is 1.46 bits per heavy atom. The fourth-order valence-electron chi connectivity index (χ4n) is 1.17. The maximum absolute atomic E-state index is 5.59. The average Bonchev–Trinajstić information content (AvgIpc) is 2.60. The first kappa shape index (κ1) is 8.44. The Bertz CT molecular complexity index is 316. The summed E-state index contributed by atoms with van der Waals surface area (Å²) in [5.41, 5.74) is 0.240. The van der Waals surface area contributed by atoms with Crippen LogP contribution in [0.3, 0.4) is 0 Å². The molecule has 0 radical (unpaired) electrons. The molecule has 1 saturated heterocycles. The molecule has 1 fully saturated rings. The van der Waals surface area contributed by atoms with Crippen LogP contribution in [-0.4, -0.2) is 12.7 Å². The van der Waals surface area contributed by atoms with Crippen molar-refractivity contribution in [2.45, 2.75) is 19.4 Å². The van der Waals surface area contributed by atoms with Crippen LogP contribution >= 0.6 is 0 Å². The van der Waals surface area contributed by atoms with E-state index in [4.69, 9.17) is 13.7 Å². The topological polar surface area (TPSA) is 31.6 Å². The van der Waals surface area contributed by atoms with E-state index in [1.807, 2.05) is 19.9 Å². The van der Waals surface area contributed by atoms with E-state index < -0.39 is 12.7 Å². The summed E-state index contributed by atoms with van der Waals surface area (Å²) in [4.78, 5) is 0. The smallest absolute Gasteiger partial charge is 0.532 e. The van der Waals surface area contributed by atoms with Crippen LogP contribution in [0.2, 0.25) is 0 Å². The molecule has 0 spiro atoms. The van der Waals surface area contributed by atoms with Crippen molar-refractivity contribution in [1.29, 1.82) is 0 Å². The van der Waals surface area contributed by atoms with Crippen LogP contribution in [0.15, 0.2) is 35.2 Å². The minimum Gasteiger partial charge on any atom is -0.532 e. The second-order valence-corrected chi connectivity index (χ2v) is 3.52. The zero-order valence-corrected chi connectivity index (χ0v) is 7.74. The lowest BCUT2D eigenvalue weighted by Crippen LogP contribution is -2.33. The van der Waals surface area contributed by atoms with Gasteiger partial charge in [-0.25, -0.2) is 0 Å². The summed E-state index contributed by atoms with van der Waals surface area (Å²) >= 11 is 0. The minimum atomic E-state index is -0.447. The molecule has 1 aliphatic rings. The zero-order valence-electron chi connectivity index (χ0n) is 7.74. The maximum atomic E-state index is 5.59. The molecule has 0 saturated carbocycles. The summed E-state index contributed by atoms with van der Waals surface area (Å²) in [6, 6.07) is 3.62. The van der Waals surface area contributed by atoms with Crippen LogP contribution < -0.4 is 5.66 Å². The second-order valence-electron chi connectivity index (χ2n) is 3.52. The molecule has 68 valence electrons. The summed E-state index contributed by atoms with van der Waals surface area (Å²) in [5.74, 6) is 0.633. The number of rotatable bonds is 1. The van der Waals surface area contributed by atoms with Gasteiger partial charge in [-0.1, -0.05) is 6.58 Å². The highest BCUT2D eigenvalue weighted by molar-refractivity contribution is 6.60. The van der Waals surface area contributed by atoms with E-state index in [2.05, 4.69) is 6.58 Å².